The maximum absolute atomic E-state index is 16.0. The maximum Gasteiger partial charge on any atom is 0.342 e. The molecule has 4 atom stereocenters. The minimum absolute atomic E-state index is 0.0234. The molecule has 2 heterocycles. The zero-order valence-electron chi connectivity index (χ0n) is 61.9. The molecule has 2 amide bonds. The summed E-state index contributed by atoms with van der Waals surface area (Å²) in [5.41, 5.74) is 0.161. The molecule has 91 heavy (non-hydrogen) atoms. The van der Waals surface area contributed by atoms with Gasteiger partial charge in [-0.25, -0.2) is 14.6 Å². The molecule has 4 unspecified atom stereocenters. The van der Waals surface area contributed by atoms with Crippen LogP contribution in [0.3, 0.4) is 0 Å². The highest BCUT2D eigenvalue weighted by Crippen LogP contribution is 2.53. The van der Waals surface area contributed by atoms with E-state index in [0.29, 0.717) is 99.8 Å². The number of ether oxygens (including phenoxy) is 6. The molecular weight excluding hydrogens is 1160 g/mol. The Kier molecular flexibility index (Phi) is 28.9. The predicted molar refractivity (Wildman–Crippen MR) is 373 cm³/mol. The van der Waals surface area contributed by atoms with Crippen LogP contribution in [0.4, 0.5) is 5.82 Å². The van der Waals surface area contributed by atoms with Gasteiger partial charge in [-0.15, -0.1) is 11.8 Å². The van der Waals surface area contributed by atoms with Crippen LogP contribution in [0.1, 0.15) is 271 Å². The second-order valence-corrected chi connectivity index (χ2v) is 33.9. The van der Waals surface area contributed by atoms with Crippen molar-refractivity contribution in [2.24, 2.45) is 78.9 Å². The van der Waals surface area contributed by atoms with Gasteiger partial charge in [0.2, 0.25) is 11.8 Å². The van der Waals surface area contributed by atoms with Crippen LogP contribution in [0, 0.1) is 73.9 Å². The van der Waals surface area contributed by atoms with E-state index in [2.05, 4.69) is 106 Å². The Morgan fingerprint density at radius 2 is 1.07 bits per heavy atom. The average Bonchev–Trinajstić information content (AvgIpc) is 1.75. The van der Waals surface area contributed by atoms with Gasteiger partial charge >= 0.3 is 17.9 Å². The molecule has 16 heteroatoms. The number of H-pyrrole nitrogens is 1. The van der Waals surface area contributed by atoms with Gasteiger partial charge in [0.05, 0.1) is 29.1 Å². The number of hydrogen-bond acceptors (Lipinski definition) is 13. The lowest BCUT2D eigenvalue weighted by Gasteiger charge is -2.50. The Bertz CT molecular complexity index is 2620. The van der Waals surface area contributed by atoms with E-state index < -0.39 is 39.7 Å². The number of amidine groups is 1. The number of carbonyl (C=O) groups is 5. The first-order valence-electron chi connectivity index (χ1n) is 35.0. The molecule has 2 saturated carbocycles. The molecule has 1 aromatic rings. The largest absolute Gasteiger partial charge is 0.464 e. The van der Waals surface area contributed by atoms with Crippen LogP contribution in [0.15, 0.2) is 21.8 Å². The van der Waals surface area contributed by atoms with Crippen molar-refractivity contribution in [2.75, 3.05) is 57.8 Å². The number of aromatic amines is 1. The molecule has 3 aliphatic rings. The van der Waals surface area contributed by atoms with Gasteiger partial charge in [-0.3, -0.25) is 14.4 Å². The summed E-state index contributed by atoms with van der Waals surface area (Å²) in [6, 6.07) is 0. The van der Waals surface area contributed by atoms with Gasteiger partial charge in [-0.05, 0) is 147 Å². The first-order valence-corrected chi connectivity index (χ1v) is 36.0. The van der Waals surface area contributed by atoms with Gasteiger partial charge in [-0.2, -0.15) is 0 Å². The van der Waals surface area contributed by atoms with Gasteiger partial charge in [0.1, 0.15) is 41.6 Å². The van der Waals surface area contributed by atoms with Crippen molar-refractivity contribution in [2.45, 2.75) is 267 Å². The maximum atomic E-state index is 16.0. The summed E-state index contributed by atoms with van der Waals surface area (Å²) in [6.45, 7) is 55.7. The summed E-state index contributed by atoms with van der Waals surface area (Å²) in [5.74, 6) is -1.45. The van der Waals surface area contributed by atoms with Crippen LogP contribution < -0.4 is 10.6 Å². The monoisotopic (exact) mass is 1290 g/mol. The van der Waals surface area contributed by atoms with Gasteiger partial charge in [-0.1, -0.05) is 159 Å². The van der Waals surface area contributed by atoms with Crippen LogP contribution in [-0.4, -0.2) is 110 Å². The molecule has 0 bridgehead atoms. The Balaban J connectivity index is 2.08. The average molecular weight is 1290 g/mol. The van der Waals surface area contributed by atoms with Crippen LogP contribution in [0.2, 0.25) is 0 Å². The van der Waals surface area contributed by atoms with E-state index in [1.807, 2.05) is 89.2 Å². The zero-order valence-corrected chi connectivity index (χ0v) is 62.7. The van der Waals surface area contributed by atoms with Crippen molar-refractivity contribution in [3.63, 3.8) is 0 Å². The number of anilines is 1. The number of aromatic nitrogens is 1. The van der Waals surface area contributed by atoms with Gasteiger partial charge in [0, 0.05) is 67.5 Å². The smallest absolute Gasteiger partial charge is 0.342 e. The summed E-state index contributed by atoms with van der Waals surface area (Å²) in [7, 11) is 1.68. The summed E-state index contributed by atoms with van der Waals surface area (Å²) >= 11 is 1.44. The van der Waals surface area contributed by atoms with Crippen LogP contribution >= 0.6 is 11.8 Å². The highest BCUT2D eigenvalue weighted by atomic mass is 32.2. The molecule has 2 aliphatic carbocycles. The molecule has 520 valence electrons. The summed E-state index contributed by atoms with van der Waals surface area (Å²) in [5, 5.41) is 6.51. The second kappa shape index (κ2) is 33.1. The third-order valence-corrected chi connectivity index (χ3v) is 22.6. The standard InChI is InChI=1S/C75H128N4O11S/c1-27-34-86-44-48-39-50(69(12,13)14)60(51(40-48)70(15,16)17)90-65(81)59-57(47(10)11)55(77-63(59)79-67(83)75(32-6,33-7)91-38-37-88-68(84)73(24,25)28-2)43-54-56(46(8)9)58(62(76-54)78-66(82)74(29-3,30-4)31-5)64(80)89-61-52(71(18,19)20)41-49(45-87-36-35-85-26)42-53(61)72(21,22)23/h43,46-53,60-61,77H,27-42,44-45H2,1-26H3,(H,79,83)(H,76,78,82). The Labute approximate surface area is 556 Å². The third-order valence-electron chi connectivity index (χ3n) is 21.0. The van der Waals surface area contributed by atoms with E-state index in [-0.39, 0.29) is 116 Å². The number of allylic oxidation sites excluding steroid dienone is 1. The highest BCUT2D eigenvalue weighted by Gasteiger charge is 2.52. The first-order chi connectivity index (χ1) is 42.2. The Morgan fingerprint density at radius 1 is 0.593 bits per heavy atom. The van der Waals surface area contributed by atoms with E-state index in [1.54, 1.807) is 7.11 Å². The fourth-order valence-electron chi connectivity index (χ4n) is 14.3. The SMILES string of the molecule is CCCOCC1CC(C(C)(C)C)C(OC(=O)c2c(NC(=O)C(CC)(CC)SCCOC(=O)C(C)(C)CC)[nH]c(C=C3N=C(NC(=O)C(CC)(CC)CC)C(C(=O)OC4C(C(C)(C)C)CC(COCCOC)CC4C(C)(C)C)=C3C(C)C)c2C(C)C)C(C(C)(C)C)C1. The number of amides is 2. The van der Waals surface area contributed by atoms with Crippen molar-refractivity contribution >= 4 is 59.2 Å². The lowest BCUT2D eigenvalue weighted by atomic mass is 9.58. The van der Waals surface area contributed by atoms with Crippen LogP contribution in [0.5, 0.6) is 0 Å². The minimum Gasteiger partial charge on any atom is -0.464 e. The molecule has 2 fully saturated rings. The van der Waals surface area contributed by atoms with E-state index in [0.717, 1.165) is 32.1 Å². The number of thioether (sulfide) groups is 1. The molecule has 0 spiro atoms. The number of esters is 3. The lowest BCUT2D eigenvalue weighted by molar-refractivity contribution is -0.166. The number of methoxy groups -OCH3 is 1. The third kappa shape index (κ3) is 19.8. The first kappa shape index (κ1) is 79.4. The molecule has 0 radical (unpaired) electrons. The zero-order chi connectivity index (χ0) is 69.0. The molecule has 4 rings (SSSR count). The Morgan fingerprint density at radius 3 is 1.47 bits per heavy atom. The fraction of sp³-hybridized carbons (Fsp3) is 0.813. The van der Waals surface area contributed by atoms with Gasteiger partial charge < -0.3 is 44.0 Å². The molecular formula is C75H128N4O11S. The quantitative estimate of drug-likeness (QED) is 0.0376. The number of rotatable bonds is 30. The molecule has 0 aromatic carbocycles. The second-order valence-electron chi connectivity index (χ2n) is 32.4. The van der Waals surface area contributed by atoms with Crippen LogP contribution in [-0.2, 0) is 47.6 Å². The molecule has 15 nitrogen and oxygen atoms in total. The fourth-order valence-corrected chi connectivity index (χ4v) is 15.4. The highest BCUT2D eigenvalue weighted by molar-refractivity contribution is 8.01. The van der Waals surface area contributed by atoms with Crippen molar-refractivity contribution in [3.8, 4) is 0 Å². The van der Waals surface area contributed by atoms with Crippen molar-refractivity contribution in [3.05, 3.63) is 33.7 Å². The van der Waals surface area contributed by atoms with Crippen LogP contribution in [0.25, 0.3) is 6.08 Å². The molecule has 1 aliphatic heterocycles. The Hall–Kier alpha value is -3.99. The summed E-state index contributed by atoms with van der Waals surface area (Å²) in [4.78, 5) is 84.0. The van der Waals surface area contributed by atoms with E-state index in [9.17, 15) is 9.59 Å². The normalized spacial score (nSPS) is 22.8. The van der Waals surface area contributed by atoms with Gasteiger partial charge in [0.25, 0.3) is 0 Å². The van der Waals surface area contributed by atoms with Crippen molar-refractivity contribution < 1.29 is 52.4 Å². The summed E-state index contributed by atoms with van der Waals surface area (Å²) < 4.78 is 36.7. The topological polar surface area (TPSA) is 193 Å². The van der Waals surface area contributed by atoms with Gasteiger partial charge in [0.15, 0.2) is 0 Å². The predicted octanol–water partition coefficient (Wildman–Crippen LogP) is 17.4. The summed E-state index contributed by atoms with van der Waals surface area (Å²) in [6.07, 6.45) is 8.35. The molecule has 0 saturated heterocycles. The molecule has 1 aromatic heterocycles. The van der Waals surface area contributed by atoms with E-state index in [4.69, 9.17) is 33.4 Å². The van der Waals surface area contributed by atoms with E-state index in [1.165, 1.54) is 11.8 Å². The van der Waals surface area contributed by atoms with E-state index >= 15 is 14.4 Å². The lowest BCUT2D eigenvalue weighted by Crippen LogP contribution is -2.51. The number of aliphatic imine (C=N–C) groups is 1. The molecule has 3 N–H and O–H groups in total. The number of hydrogen-bond donors (Lipinski definition) is 3. The van der Waals surface area contributed by atoms with Crippen molar-refractivity contribution in [1.82, 2.24) is 10.3 Å². The van der Waals surface area contributed by atoms with Crippen molar-refractivity contribution in [1.29, 1.82) is 0 Å². The number of carbonyl (C=O) groups excluding carboxylic acids is 5. The minimum atomic E-state index is -0.978. The number of nitrogens with one attached hydrogen (secondary N) is 3. The number of nitrogens with zero attached hydrogens (tertiary/aromatic N) is 1.